The lowest BCUT2D eigenvalue weighted by molar-refractivity contribution is 0.0600. The fourth-order valence-electron chi connectivity index (χ4n) is 2.87. The summed E-state index contributed by atoms with van der Waals surface area (Å²) in [6.07, 6.45) is 2.00. The number of aromatic nitrogens is 2. The first-order valence-corrected chi connectivity index (χ1v) is 9.79. The first-order valence-electron chi connectivity index (χ1n) is 9.28. The monoisotopic (exact) mass is 404 g/mol. The van der Waals surface area contributed by atoms with E-state index >= 15 is 0 Å². The summed E-state index contributed by atoms with van der Waals surface area (Å²) < 4.78 is 12.0. The Balaban J connectivity index is 2.32. The number of anilines is 2. The molecule has 1 unspecified atom stereocenters. The molecule has 1 aromatic carbocycles. The van der Waals surface area contributed by atoms with Crippen molar-refractivity contribution < 1.29 is 14.3 Å². The number of ether oxygens (including phenoxy) is 2. The Labute approximate surface area is 169 Å². The van der Waals surface area contributed by atoms with Gasteiger partial charge < -0.3 is 19.5 Å². The van der Waals surface area contributed by atoms with Crippen molar-refractivity contribution in [3.8, 4) is 5.75 Å². The van der Waals surface area contributed by atoms with E-state index in [9.17, 15) is 4.79 Å². The average molecular weight is 404 g/mol. The Bertz CT molecular complexity index is 799. The third-order valence-corrected chi connectivity index (χ3v) is 4.75. The van der Waals surface area contributed by atoms with Gasteiger partial charge in [0.05, 0.1) is 19.9 Å². The highest BCUT2D eigenvalue weighted by Crippen LogP contribution is 2.25. The van der Waals surface area contributed by atoms with Crippen LogP contribution in [0.25, 0.3) is 0 Å². The number of esters is 1. The standard InChI is InChI=1S/C20H29N4O3P/c1-6-7-13(2)21-18-17(19(25)27-5)14(3)22-20(23-18)24(28)12-15-8-10-16(26-4)11-9-15/h8-11,13H,6-7,12,28H2,1-5H3,(H,21,22,23)/t13-/m1/s1. The molecule has 0 aliphatic carbocycles. The van der Waals surface area contributed by atoms with E-state index in [1.54, 1.807) is 14.0 Å². The Morgan fingerprint density at radius 2 is 1.93 bits per heavy atom. The first kappa shape index (κ1) is 21.9. The summed E-state index contributed by atoms with van der Waals surface area (Å²) in [4.78, 5) is 21.4. The number of nitrogens with one attached hydrogen (secondary N) is 1. The van der Waals surface area contributed by atoms with Crippen LogP contribution in [-0.4, -0.2) is 36.2 Å². The van der Waals surface area contributed by atoms with E-state index in [2.05, 4.69) is 38.5 Å². The molecule has 28 heavy (non-hydrogen) atoms. The molecule has 8 heteroatoms. The van der Waals surface area contributed by atoms with Crippen LogP contribution in [0.1, 0.15) is 48.3 Å². The minimum absolute atomic E-state index is 0.176. The zero-order chi connectivity index (χ0) is 20.7. The maximum atomic E-state index is 12.3. The molecule has 0 amide bonds. The molecule has 2 rings (SSSR count). The topological polar surface area (TPSA) is 76.6 Å². The summed E-state index contributed by atoms with van der Waals surface area (Å²) in [5.41, 5.74) is 2.03. The zero-order valence-corrected chi connectivity index (χ0v) is 18.3. The third-order valence-electron chi connectivity index (χ3n) is 4.34. The van der Waals surface area contributed by atoms with Gasteiger partial charge in [-0.15, -0.1) is 0 Å². The highest BCUT2D eigenvalue weighted by molar-refractivity contribution is 7.18. The molecule has 0 spiro atoms. The molecule has 0 aliphatic heterocycles. The summed E-state index contributed by atoms with van der Waals surface area (Å²) in [6.45, 7) is 6.57. The van der Waals surface area contributed by atoms with Gasteiger partial charge in [0.25, 0.3) is 0 Å². The van der Waals surface area contributed by atoms with E-state index in [0.29, 0.717) is 29.6 Å². The van der Waals surface area contributed by atoms with Gasteiger partial charge in [0, 0.05) is 12.6 Å². The number of methoxy groups -OCH3 is 2. The number of nitrogens with zero attached hydrogens (tertiary/aromatic N) is 3. The molecule has 0 bridgehead atoms. The Morgan fingerprint density at radius 1 is 1.25 bits per heavy atom. The fourth-order valence-corrected chi connectivity index (χ4v) is 3.20. The van der Waals surface area contributed by atoms with Gasteiger partial charge in [0.2, 0.25) is 5.95 Å². The van der Waals surface area contributed by atoms with Crippen LogP contribution in [0.4, 0.5) is 11.8 Å². The molecular formula is C20H29N4O3P. The van der Waals surface area contributed by atoms with Gasteiger partial charge in [-0.3, -0.25) is 0 Å². The Hall–Kier alpha value is -2.40. The van der Waals surface area contributed by atoms with Gasteiger partial charge in [0.1, 0.15) is 17.1 Å². The summed E-state index contributed by atoms with van der Waals surface area (Å²) in [6, 6.07) is 8.00. The lowest BCUT2D eigenvalue weighted by Gasteiger charge is -2.22. The molecule has 0 fully saturated rings. The summed E-state index contributed by atoms with van der Waals surface area (Å²) >= 11 is 0. The second-order valence-corrected chi connectivity index (χ2v) is 7.26. The van der Waals surface area contributed by atoms with Gasteiger partial charge in [-0.05, 0) is 47.4 Å². The molecule has 0 radical (unpaired) electrons. The van der Waals surface area contributed by atoms with Crippen molar-refractivity contribution in [2.24, 2.45) is 0 Å². The summed E-state index contributed by atoms with van der Waals surface area (Å²) in [5, 5.41) is 3.34. The SMILES string of the molecule is CCC[C@@H](C)Nc1nc(N(P)Cc2ccc(OC)cc2)nc(C)c1C(=O)OC. The van der Waals surface area contributed by atoms with Crippen molar-refractivity contribution in [1.29, 1.82) is 0 Å². The lowest BCUT2D eigenvalue weighted by atomic mass is 10.1. The van der Waals surface area contributed by atoms with E-state index in [-0.39, 0.29) is 6.04 Å². The largest absolute Gasteiger partial charge is 0.497 e. The molecule has 1 aromatic heterocycles. The number of benzene rings is 1. The third kappa shape index (κ3) is 5.55. The van der Waals surface area contributed by atoms with Gasteiger partial charge >= 0.3 is 5.97 Å². The highest BCUT2D eigenvalue weighted by Gasteiger charge is 2.22. The van der Waals surface area contributed by atoms with Gasteiger partial charge in [-0.1, -0.05) is 25.5 Å². The molecule has 152 valence electrons. The van der Waals surface area contributed by atoms with Crippen LogP contribution in [0.2, 0.25) is 0 Å². The molecule has 0 aliphatic rings. The molecule has 2 atom stereocenters. The Kier molecular flexibility index (Phi) is 8.00. The smallest absolute Gasteiger partial charge is 0.343 e. The number of aryl methyl sites for hydroxylation is 1. The van der Waals surface area contributed by atoms with Gasteiger partial charge in [-0.25, -0.2) is 9.78 Å². The second-order valence-electron chi connectivity index (χ2n) is 6.63. The van der Waals surface area contributed by atoms with Crippen LogP contribution in [0, 0.1) is 6.92 Å². The second kappa shape index (κ2) is 10.2. The molecule has 1 heterocycles. The quantitative estimate of drug-likeness (QED) is 0.500. The van der Waals surface area contributed by atoms with Crippen LogP contribution in [0.5, 0.6) is 5.75 Å². The van der Waals surface area contributed by atoms with E-state index in [4.69, 9.17) is 9.47 Å². The maximum Gasteiger partial charge on any atom is 0.343 e. The van der Waals surface area contributed by atoms with Crippen LogP contribution >= 0.6 is 9.39 Å². The highest BCUT2D eigenvalue weighted by atomic mass is 31.0. The molecular weight excluding hydrogens is 375 g/mol. The van der Waals surface area contributed by atoms with Crippen LogP contribution < -0.4 is 14.7 Å². The van der Waals surface area contributed by atoms with E-state index in [1.165, 1.54) is 7.11 Å². The number of carbonyl (C=O) groups is 1. The van der Waals surface area contributed by atoms with Crippen molar-refractivity contribution in [1.82, 2.24) is 9.97 Å². The van der Waals surface area contributed by atoms with Crippen molar-refractivity contribution in [3.05, 3.63) is 41.1 Å². The molecule has 1 N–H and O–H groups in total. The summed E-state index contributed by atoms with van der Waals surface area (Å²) in [5.74, 6) is 1.38. The Morgan fingerprint density at radius 3 is 2.50 bits per heavy atom. The van der Waals surface area contributed by atoms with Gasteiger partial charge in [-0.2, -0.15) is 4.98 Å². The molecule has 2 aromatic rings. The molecule has 0 saturated carbocycles. The summed E-state index contributed by atoms with van der Waals surface area (Å²) in [7, 11) is 5.65. The predicted octanol–water partition coefficient (Wildman–Crippen LogP) is 3.98. The van der Waals surface area contributed by atoms with Crippen molar-refractivity contribution in [3.63, 3.8) is 0 Å². The van der Waals surface area contributed by atoms with Crippen LogP contribution in [-0.2, 0) is 11.3 Å². The number of hydrogen-bond donors (Lipinski definition) is 1. The van der Waals surface area contributed by atoms with E-state index in [0.717, 1.165) is 24.2 Å². The van der Waals surface area contributed by atoms with E-state index in [1.807, 2.05) is 28.9 Å². The predicted molar refractivity (Wildman–Crippen MR) is 115 cm³/mol. The van der Waals surface area contributed by atoms with Crippen molar-refractivity contribution in [2.45, 2.75) is 46.2 Å². The normalized spacial score (nSPS) is 11.6. The van der Waals surface area contributed by atoms with Crippen molar-refractivity contribution in [2.75, 3.05) is 24.2 Å². The lowest BCUT2D eigenvalue weighted by Crippen LogP contribution is -2.22. The maximum absolute atomic E-state index is 12.3. The number of rotatable bonds is 9. The van der Waals surface area contributed by atoms with Crippen molar-refractivity contribution >= 4 is 27.1 Å². The molecule has 7 nitrogen and oxygen atoms in total. The van der Waals surface area contributed by atoms with Crippen LogP contribution in [0.3, 0.4) is 0 Å². The van der Waals surface area contributed by atoms with Crippen LogP contribution in [0.15, 0.2) is 24.3 Å². The minimum Gasteiger partial charge on any atom is -0.497 e. The average Bonchev–Trinajstić information content (AvgIpc) is 2.67. The minimum atomic E-state index is -0.444. The van der Waals surface area contributed by atoms with E-state index < -0.39 is 5.97 Å². The number of carbonyl (C=O) groups excluding carboxylic acids is 1. The van der Waals surface area contributed by atoms with Gasteiger partial charge in [0.15, 0.2) is 0 Å². The first-order chi connectivity index (χ1) is 13.4. The number of hydrogen-bond acceptors (Lipinski definition) is 7. The molecule has 0 saturated heterocycles. The zero-order valence-electron chi connectivity index (χ0n) is 17.2. The fraction of sp³-hybridized carbons (Fsp3) is 0.450.